The van der Waals surface area contributed by atoms with Gasteiger partial charge in [0.1, 0.15) is 11.1 Å². The number of carboxylic acids is 1. The zero-order valence-corrected chi connectivity index (χ0v) is 11.4. The Bertz CT molecular complexity index is 542. The second-order valence-corrected chi connectivity index (χ2v) is 5.34. The number of aliphatic carboxylic acids is 1. The summed E-state index contributed by atoms with van der Waals surface area (Å²) in [5, 5.41) is 15.9. The van der Waals surface area contributed by atoms with Gasteiger partial charge in [-0.1, -0.05) is 42.1 Å². The number of aryl methyl sites for hydroxylation is 2. The van der Waals surface area contributed by atoms with Crippen LogP contribution in [0.3, 0.4) is 0 Å². The van der Waals surface area contributed by atoms with Crippen LogP contribution in [0.25, 0.3) is 0 Å². The number of nitrogens with zero attached hydrogens (tertiary/aromatic N) is 2. The molecular weight excluding hydrogens is 262 g/mol. The van der Waals surface area contributed by atoms with E-state index in [1.165, 1.54) is 11.8 Å². The fourth-order valence-corrected chi connectivity index (χ4v) is 2.56. The lowest BCUT2D eigenvalue weighted by Crippen LogP contribution is -2.17. The molecule has 2 rings (SSSR count). The number of hydrogen-bond donors (Lipinski definition) is 2. The van der Waals surface area contributed by atoms with Gasteiger partial charge in [-0.3, -0.25) is 9.89 Å². The molecule has 5 nitrogen and oxygen atoms in total. The van der Waals surface area contributed by atoms with Crippen molar-refractivity contribution in [3.05, 3.63) is 41.7 Å². The van der Waals surface area contributed by atoms with E-state index in [4.69, 9.17) is 0 Å². The van der Waals surface area contributed by atoms with Crippen LogP contribution in [-0.4, -0.2) is 31.5 Å². The van der Waals surface area contributed by atoms with Gasteiger partial charge >= 0.3 is 5.97 Å². The molecule has 1 aromatic heterocycles. The van der Waals surface area contributed by atoms with Gasteiger partial charge < -0.3 is 5.11 Å². The Balaban J connectivity index is 1.95. The lowest BCUT2D eigenvalue weighted by atomic mass is 10.1. The van der Waals surface area contributed by atoms with Crippen molar-refractivity contribution in [1.29, 1.82) is 0 Å². The van der Waals surface area contributed by atoms with Crippen LogP contribution in [-0.2, 0) is 11.2 Å². The first-order chi connectivity index (χ1) is 9.15. The molecule has 6 heteroatoms. The molecule has 1 aromatic carbocycles. The minimum atomic E-state index is -0.830. The largest absolute Gasteiger partial charge is 0.480 e. The molecule has 0 fully saturated rings. The lowest BCUT2D eigenvalue weighted by Gasteiger charge is -2.09. The second kappa shape index (κ2) is 6.38. The van der Waals surface area contributed by atoms with Crippen LogP contribution in [0.15, 0.2) is 35.5 Å². The Morgan fingerprint density at radius 2 is 2.16 bits per heavy atom. The molecule has 0 bridgehead atoms. The summed E-state index contributed by atoms with van der Waals surface area (Å²) < 4.78 is 0. The van der Waals surface area contributed by atoms with Crippen LogP contribution in [0.2, 0.25) is 0 Å². The number of hydrogen-bond acceptors (Lipinski definition) is 4. The van der Waals surface area contributed by atoms with Gasteiger partial charge in [-0.2, -0.15) is 0 Å². The van der Waals surface area contributed by atoms with Gasteiger partial charge in [-0.15, -0.1) is 5.10 Å². The van der Waals surface area contributed by atoms with E-state index in [1.807, 2.05) is 30.3 Å². The summed E-state index contributed by atoms with van der Waals surface area (Å²) in [5.74, 6) is -0.141. The van der Waals surface area contributed by atoms with E-state index in [0.29, 0.717) is 17.4 Å². The summed E-state index contributed by atoms with van der Waals surface area (Å²) in [6.45, 7) is 1.79. The number of carboxylic acid groups (broad SMARTS) is 1. The molecule has 0 radical (unpaired) electrons. The third-order valence-corrected chi connectivity index (χ3v) is 3.75. The normalized spacial score (nSPS) is 12.3. The highest BCUT2D eigenvalue weighted by atomic mass is 32.2. The maximum absolute atomic E-state index is 11.2. The van der Waals surface area contributed by atoms with Crippen LogP contribution in [0.5, 0.6) is 0 Å². The van der Waals surface area contributed by atoms with Crippen molar-refractivity contribution in [1.82, 2.24) is 15.2 Å². The van der Waals surface area contributed by atoms with Crippen LogP contribution in [0, 0.1) is 6.92 Å². The predicted octanol–water partition coefficient (Wildman–Crippen LogP) is 2.29. The molecule has 1 atom stereocenters. The number of nitrogens with one attached hydrogen (secondary N) is 1. The summed E-state index contributed by atoms with van der Waals surface area (Å²) in [7, 11) is 0. The first-order valence-electron chi connectivity index (χ1n) is 5.97. The summed E-state index contributed by atoms with van der Waals surface area (Å²) in [4.78, 5) is 15.4. The van der Waals surface area contributed by atoms with Crippen molar-refractivity contribution >= 4 is 17.7 Å². The van der Waals surface area contributed by atoms with E-state index < -0.39 is 11.2 Å². The molecule has 0 saturated heterocycles. The first kappa shape index (κ1) is 13.6. The maximum Gasteiger partial charge on any atom is 0.317 e. The standard InChI is InChI=1S/C13H15N3O2S/c1-9-14-13(16-15-9)19-11(12(17)18)8-7-10-5-3-2-4-6-10/h2-6,11H,7-8H2,1H3,(H,17,18)(H,14,15,16). The van der Waals surface area contributed by atoms with Crippen LogP contribution >= 0.6 is 11.8 Å². The highest BCUT2D eigenvalue weighted by molar-refractivity contribution is 8.00. The second-order valence-electron chi connectivity index (χ2n) is 4.17. The Morgan fingerprint density at radius 3 is 2.74 bits per heavy atom. The topological polar surface area (TPSA) is 78.9 Å². The third-order valence-electron chi connectivity index (χ3n) is 2.64. The van der Waals surface area contributed by atoms with Gasteiger partial charge in [0.2, 0.25) is 5.16 Å². The third kappa shape index (κ3) is 4.10. The van der Waals surface area contributed by atoms with Gasteiger partial charge in [-0.25, -0.2) is 4.98 Å². The van der Waals surface area contributed by atoms with Gasteiger partial charge in [0.05, 0.1) is 0 Å². The molecule has 1 heterocycles. The molecule has 2 aromatic rings. The van der Waals surface area contributed by atoms with E-state index in [0.717, 1.165) is 12.0 Å². The number of rotatable bonds is 6. The summed E-state index contributed by atoms with van der Waals surface area (Å²) in [5.41, 5.74) is 1.14. The fraction of sp³-hybridized carbons (Fsp3) is 0.308. The van der Waals surface area contributed by atoms with E-state index in [-0.39, 0.29) is 0 Å². The molecule has 1 unspecified atom stereocenters. The maximum atomic E-state index is 11.2. The monoisotopic (exact) mass is 277 g/mol. The fourth-order valence-electron chi connectivity index (χ4n) is 1.68. The van der Waals surface area contributed by atoms with E-state index in [9.17, 15) is 9.90 Å². The molecule has 19 heavy (non-hydrogen) atoms. The molecule has 100 valence electrons. The number of benzene rings is 1. The summed E-state index contributed by atoms with van der Waals surface area (Å²) in [6, 6.07) is 9.86. The van der Waals surface area contributed by atoms with Crippen LogP contribution in [0.4, 0.5) is 0 Å². The highest BCUT2D eigenvalue weighted by Crippen LogP contribution is 2.23. The number of carbonyl (C=O) groups is 1. The molecule has 0 aliphatic rings. The molecule has 0 saturated carbocycles. The smallest absolute Gasteiger partial charge is 0.317 e. The number of H-pyrrole nitrogens is 1. The first-order valence-corrected chi connectivity index (χ1v) is 6.85. The van der Waals surface area contributed by atoms with E-state index in [1.54, 1.807) is 6.92 Å². The van der Waals surface area contributed by atoms with E-state index >= 15 is 0 Å². The molecule has 0 spiro atoms. The Kier molecular flexibility index (Phi) is 4.57. The average molecular weight is 277 g/mol. The van der Waals surface area contributed by atoms with Crippen molar-refractivity contribution in [2.45, 2.75) is 30.2 Å². The average Bonchev–Trinajstić information content (AvgIpc) is 2.81. The SMILES string of the molecule is Cc1nc(SC(CCc2ccccc2)C(=O)O)n[nH]1. The minimum absolute atomic E-state index is 0.484. The number of aromatic nitrogens is 3. The summed E-state index contributed by atoms with van der Waals surface area (Å²) in [6.07, 6.45) is 1.28. The zero-order chi connectivity index (χ0) is 13.7. The van der Waals surface area contributed by atoms with Crippen LogP contribution < -0.4 is 0 Å². The van der Waals surface area contributed by atoms with Crippen molar-refractivity contribution in [3.8, 4) is 0 Å². The summed E-state index contributed by atoms with van der Waals surface area (Å²) >= 11 is 1.18. The van der Waals surface area contributed by atoms with Gasteiger partial charge in [-0.05, 0) is 25.3 Å². The highest BCUT2D eigenvalue weighted by Gasteiger charge is 2.20. The van der Waals surface area contributed by atoms with E-state index in [2.05, 4.69) is 15.2 Å². The molecule has 0 aliphatic carbocycles. The molecular formula is C13H15N3O2S. The van der Waals surface area contributed by atoms with Crippen molar-refractivity contribution < 1.29 is 9.90 Å². The van der Waals surface area contributed by atoms with Gasteiger partial charge in [0.15, 0.2) is 0 Å². The van der Waals surface area contributed by atoms with Gasteiger partial charge in [0.25, 0.3) is 0 Å². The minimum Gasteiger partial charge on any atom is -0.480 e. The van der Waals surface area contributed by atoms with Gasteiger partial charge in [0, 0.05) is 0 Å². The molecule has 2 N–H and O–H groups in total. The number of aromatic amines is 1. The van der Waals surface area contributed by atoms with Crippen molar-refractivity contribution in [2.24, 2.45) is 0 Å². The van der Waals surface area contributed by atoms with Crippen molar-refractivity contribution in [2.75, 3.05) is 0 Å². The quantitative estimate of drug-likeness (QED) is 0.792. The Labute approximate surface area is 115 Å². The Hall–Kier alpha value is -1.82. The van der Waals surface area contributed by atoms with Crippen molar-refractivity contribution in [3.63, 3.8) is 0 Å². The predicted molar refractivity (Wildman–Crippen MR) is 73.2 cm³/mol. The Morgan fingerprint density at radius 1 is 1.42 bits per heavy atom. The molecule has 0 aliphatic heterocycles. The number of thioether (sulfide) groups is 1. The zero-order valence-electron chi connectivity index (χ0n) is 10.5. The molecule has 0 amide bonds. The lowest BCUT2D eigenvalue weighted by molar-refractivity contribution is -0.136. The van der Waals surface area contributed by atoms with Crippen LogP contribution in [0.1, 0.15) is 17.8 Å².